The number of halogens is 2. The topological polar surface area (TPSA) is 100 Å². The van der Waals surface area contributed by atoms with Crippen LogP contribution in [0.1, 0.15) is 83.0 Å². The average Bonchev–Trinajstić information content (AvgIpc) is 3.62. The Morgan fingerprint density at radius 1 is 0.755 bits per heavy atom. The Bertz CT molecular complexity index is 1890. The second-order valence-electron chi connectivity index (χ2n) is 13.6. The van der Waals surface area contributed by atoms with Crippen LogP contribution in [0.5, 0.6) is 0 Å². The Morgan fingerprint density at radius 3 is 1.76 bits per heavy atom. The van der Waals surface area contributed by atoms with Crippen molar-refractivity contribution in [2.45, 2.75) is 65.0 Å². The number of rotatable bonds is 8. The van der Waals surface area contributed by atoms with Gasteiger partial charge in [0.1, 0.15) is 0 Å². The fourth-order valence-corrected chi connectivity index (χ4v) is 8.31. The summed E-state index contributed by atoms with van der Waals surface area (Å²) in [5.41, 5.74) is 6.28. The maximum absolute atomic E-state index is 13.6. The van der Waals surface area contributed by atoms with Gasteiger partial charge in [-0.2, -0.15) is 0 Å². The van der Waals surface area contributed by atoms with Gasteiger partial charge in [-0.25, -0.2) is 9.97 Å². The summed E-state index contributed by atoms with van der Waals surface area (Å²) in [5.74, 6) is 0.828. The van der Waals surface area contributed by atoms with Crippen LogP contribution in [-0.2, 0) is 40.0 Å². The molecule has 2 amide bonds. The first-order valence-electron chi connectivity index (χ1n) is 17.5. The first-order valence-corrected chi connectivity index (χ1v) is 18.2. The minimum absolute atomic E-state index is 0.318. The monoisotopic (exact) mass is 702 g/mol. The summed E-state index contributed by atoms with van der Waals surface area (Å²) in [6.07, 6.45) is 8.38. The second kappa shape index (κ2) is 14.3. The normalized spacial score (nSPS) is 17.1. The largest absolute Gasteiger partial charge is 0.327 e. The van der Waals surface area contributed by atoms with Crippen molar-refractivity contribution in [2.75, 3.05) is 36.8 Å². The highest BCUT2D eigenvalue weighted by molar-refractivity contribution is 6.40. The van der Waals surface area contributed by atoms with Gasteiger partial charge in [-0.1, -0.05) is 73.7 Å². The van der Waals surface area contributed by atoms with E-state index < -0.39 is 0 Å². The molecule has 0 unspecified atom stereocenters. The molecule has 2 aromatic carbocycles. The van der Waals surface area contributed by atoms with Gasteiger partial charge in [0.25, 0.3) is 11.8 Å². The van der Waals surface area contributed by atoms with Gasteiger partial charge in [-0.15, -0.1) is 0 Å². The van der Waals surface area contributed by atoms with E-state index in [1.165, 1.54) is 32.1 Å². The minimum atomic E-state index is -0.332. The van der Waals surface area contributed by atoms with Gasteiger partial charge in [-0.05, 0) is 37.4 Å². The Kier molecular flexibility index (Phi) is 9.84. The SMILES string of the molecule is CCN1CCc2c(nc(C(=O)Nc3cccc(-c4cccc(NC(=O)c5nc6c(n5C)CCN(CC5CCCCC5)C6)c4Cl)c3Cl)n2C)C1. The van der Waals surface area contributed by atoms with E-state index in [-0.39, 0.29) is 11.8 Å². The van der Waals surface area contributed by atoms with Gasteiger partial charge >= 0.3 is 0 Å². The van der Waals surface area contributed by atoms with Crippen LogP contribution in [0.4, 0.5) is 11.4 Å². The fourth-order valence-electron chi connectivity index (χ4n) is 7.76. The molecular formula is C37H44Cl2N8O2. The van der Waals surface area contributed by atoms with Gasteiger partial charge < -0.3 is 19.8 Å². The lowest BCUT2D eigenvalue weighted by Gasteiger charge is -2.32. The smallest absolute Gasteiger partial charge is 0.291 e. The Morgan fingerprint density at radius 2 is 1.24 bits per heavy atom. The first kappa shape index (κ1) is 33.8. The number of benzene rings is 2. The third-order valence-electron chi connectivity index (χ3n) is 10.5. The van der Waals surface area contributed by atoms with E-state index in [0.29, 0.717) is 44.2 Å². The number of nitrogens with one attached hydrogen (secondary N) is 2. The molecule has 2 aromatic heterocycles. The number of amides is 2. The lowest BCUT2D eigenvalue weighted by Crippen LogP contribution is -2.35. The molecule has 7 rings (SSSR count). The Hall–Kier alpha value is -3.70. The molecule has 258 valence electrons. The summed E-state index contributed by atoms with van der Waals surface area (Å²) in [6, 6.07) is 10.8. The summed E-state index contributed by atoms with van der Waals surface area (Å²) in [4.78, 5) is 41.4. The highest BCUT2D eigenvalue weighted by atomic mass is 35.5. The Balaban J connectivity index is 1.07. The molecule has 1 aliphatic carbocycles. The van der Waals surface area contributed by atoms with Crippen molar-refractivity contribution in [3.63, 3.8) is 0 Å². The first-order chi connectivity index (χ1) is 23.7. The van der Waals surface area contributed by atoms with E-state index in [1.807, 2.05) is 47.5 Å². The molecule has 0 bridgehead atoms. The van der Waals surface area contributed by atoms with Crippen LogP contribution in [0.25, 0.3) is 11.1 Å². The quantitative estimate of drug-likeness (QED) is 0.206. The fraction of sp³-hybridized carbons (Fsp3) is 0.459. The molecule has 0 atom stereocenters. The molecule has 0 radical (unpaired) electrons. The maximum atomic E-state index is 13.6. The van der Waals surface area contributed by atoms with E-state index in [2.05, 4.69) is 32.3 Å². The van der Waals surface area contributed by atoms with Crippen LogP contribution < -0.4 is 10.6 Å². The van der Waals surface area contributed by atoms with Crippen molar-refractivity contribution in [2.24, 2.45) is 20.0 Å². The number of likely N-dealkylation sites (N-methyl/N-ethyl adjacent to an activating group) is 1. The van der Waals surface area contributed by atoms with Crippen LogP contribution in [0.15, 0.2) is 36.4 Å². The zero-order chi connectivity index (χ0) is 34.2. The zero-order valence-corrected chi connectivity index (χ0v) is 30.0. The lowest BCUT2D eigenvalue weighted by atomic mass is 9.88. The van der Waals surface area contributed by atoms with Crippen molar-refractivity contribution in [3.8, 4) is 11.1 Å². The van der Waals surface area contributed by atoms with E-state index in [9.17, 15) is 9.59 Å². The van der Waals surface area contributed by atoms with Gasteiger partial charge in [-0.3, -0.25) is 19.4 Å². The molecular weight excluding hydrogens is 659 g/mol. The average molecular weight is 704 g/mol. The minimum Gasteiger partial charge on any atom is -0.327 e. The number of aromatic nitrogens is 4. The number of carbonyl (C=O) groups excluding carboxylic acids is 2. The molecule has 12 heteroatoms. The highest BCUT2D eigenvalue weighted by Crippen LogP contribution is 2.40. The second-order valence-corrected chi connectivity index (χ2v) is 14.4. The molecule has 1 saturated carbocycles. The lowest BCUT2D eigenvalue weighted by molar-refractivity contribution is 0.100. The summed E-state index contributed by atoms with van der Waals surface area (Å²) < 4.78 is 3.80. The molecule has 0 saturated heterocycles. The molecule has 10 nitrogen and oxygen atoms in total. The molecule has 2 aliphatic heterocycles. The number of fused-ring (bicyclic) bond motifs is 2. The molecule has 0 spiro atoms. The van der Waals surface area contributed by atoms with Crippen molar-refractivity contribution in [1.82, 2.24) is 28.9 Å². The van der Waals surface area contributed by atoms with Crippen LogP contribution in [-0.4, -0.2) is 66.9 Å². The predicted octanol–water partition coefficient (Wildman–Crippen LogP) is 6.95. The molecule has 4 aromatic rings. The molecule has 1 fully saturated rings. The summed E-state index contributed by atoms with van der Waals surface area (Å²) in [7, 11) is 3.79. The van der Waals surface area contributed by atoms with E-state index >= 15 is 0 Å². The van der Waals surface area contributed by atoms with Crippen LogP contribution in [0.3, 0.4) is 0 Å². The summed E-state index contributed by atoms with van der Waals surface area (Å²) >= 11 is 13.9. The molecule has 4 heterocycles. The maximum Gasteiger partial charge on any atom is 0.291 e. The number of hydrogen-bond donors (Lipinski definition) is 2. The summed E-state index contributed by atoms with van der Waals surface area (Å²) in [5, 5.41) is 6.64. The number of carbonyl (C=O) groups is 2. The third kappa shape index (κ3) is 6.76. The van der Waals surface area contributed by atoms with Gasteiger partial charge in [0.05, 0.1) is 32.8 Å². The van der Waals surface area contributed by atoms with E-state index in [0.717, 1.165) is 80.8 Å². The molecule has 49 heavy (non-hydrogen) atoms. The standard InChI is InChI=1S/C37H44Cl2N8O2/c1-4-46-18-16-30-28(21-46)40-34(44(30)2)36(48)42-26-14-8-12-24(32(26)38)25-13-9-15-27(33(25)39)43-37(49)35-41-29-22-47(19-17-31(29)45(35)3)20-23-10-6-5-7-11-23/h8-9,12-15,23H,4-7,10-11,16-22H2,1-3H3,(H,42,48)(H,43,49). The van der Waals surface area contributed by atoms with Crippen LogP contribution >= 0.6 is 23.2 Å². The number of hydrogen-bond acceptors (Lipinski definition) is 6. The predicted molar refractivity (Wildman–Crippen MR) is 194 cm³/mol. The Labute approximate surface area is 297 Å². The van der Waals surface area contributed by atoms with Crippen molar-refractivity contribution < 1.29 is 9.59 Å². The number of imidazole rings is 2. The van der Waals surface area contributed by atoms with E-state index in [1.54, 1.807) is 12.1 Å². The molecule has 3 aliphatic rings. The van der Waals surface area contributed by atoms with E-state index in [4.69, 9.17) is 28.2 Å². The zero-order valence-electron chi connectivity index (χ0n) is 28.5. The van der Waals surface area contributed by atoms with Crippen LogP contribution in [0.2, 0.25) is 10.0 Å². The van der Waals surface area contributed by atoms with Crippen molar-refractivity contribution in [3.05, 3.63) is 80.9 Å². The van der Waals surface area contributed by atoms with Crippen molar-refractivity contribution >= 4 is 46.4 Å². The third-order valence-corrected chi connectivity index (χ3v) is 11.4. The van der Waals surface area contributed by atoms with Crippen LogP contribution in [0, 0.1) is 5.92 Å². The highest BCUT2D eigenvalue weighted by Gasteiger charge is 2.28. The van der Waals surface area contributed by atoms with Gasteiger partial charge in [0.15, 0.2) is 11.6 Å². The van der Waals surface area contributed by atoms with Gasteiger partial charge in [0, 0.05) is 82.2 Å². The van der Waals surface area contributed by atoms with Gasteiger partial charge in [0.2, 0.25) is 0 Å². The number of anilines is 2. The number of nitrogens with zero attached hydrogens (tertiary/aromatic N) is 6. The molecule has 2 N–H and O–H groups in total. The summed E-state index contributed by atoms with van der Waals surface area (Å²) in [6.45, 7) is 7.61. The van der Waals surface area contributed by atoms with Crippen molar-refractivity contribution in [1.29, 1.82) is 0 Å².